The zero-order chi connectivity index (χ0) is 25.7. The molecule has 0 unspecified atom stereocenters. The highest BCUT2D eigenvalue weighted by Crippen LogP contribution is 2.38. The van der Waals surface area contributed by atoms with Crippen LogP contribution in [0.3, 0.4) is 0 Å². The van der Waals surface area contributed by atoms with E-state index in [2.05, 4.69) is 43.4 Å². The first-order valence-electron chi connectivity index (χ1n) is 13.1. The number of nitrogens with zero attached hydrogens (tertiary/aromatic N) is 1. The maximum absolute atomic E-state index is 13.3. The van der Waals surface area contributed by atoms with Crippen LogP contribution in [0, 0.1) is 5.92 Å². The average Bonchev–Trinajstić information content (AvgIpc) is 2.93. The number of benzene rings is 3. The summed E-state index contributed by atoms with van der Waals surface area (Å²) in [4.78, 5) is 28.5. The molecule has 1 aliphatic rings. The zero-order valence-corrected chi connectivity index (χ0v) is 21.9. The van der Waals surface area contributed by atoms with Crippen molar-refractivity contribution in [3.63, 3.8) is 0 Å². The van der Waals surface area contributed by atoms with Crippen molar-refractivity contribution in [1.29, 1.82) is 0 Å². The highest BCUT2D eigenvalue weighted by molar-refractivity contribution is 5.94. The normalized spacial score (nSPS) is 18.8. The quantitative estimate of drug-likeness (QED) is 0.401. The van der Waals surface area contributed by atoms with Crippen molar-refractivity contribution >= 4 is 11.8 Å². The van der Waals surface area contributed by atoms with Gasteiger partial charge in [-0.15, -0.1) is 0 Å². The minimum atomic E-state index is -0.432. The maximum atomic E-state index is 13.3. The van der Waals surface area contributed by atoms with E-state index in [-0.39, 0.29) is 29.7 Å². The minimum Gasteiger partial charge on any atom is -0.349 e. The van der Waals surface area contributed by atoms with E-state index in [1.54, 1.807) is 4.90 Å². The molecule has 3 aromatic carbocycles. The predicted octanol–water partition coefficient (Wildman–Crippen LogP) is 6.85. The summed E-state index contributed by atoms with van der Waals surface area (Å²) in [6, 6.07) is 28.1. The lowest BCUT2D eigenvalue weighted by Crippen LogP contribution is -2.42. The molecule has 3 atom stereocenters. The molecule has 4 heteroatoms. The first kappa shape index (κ1) is 25.7. The maximum Gasteiger partial charge on any atom is 0.254 e. The molecule has 36 heavy (non-hydrogen) atoms. The number of nitrogens with one attached hydrogen (secondary N) is 1. The van der Waals surface area contributed by atoms with Gasteiger partial charge in [-0.25, -0.2) is 0 Å². The third-order valence-electron chi connectivity index (χ3n) is 7.97. The Morgan fingerprint density at radius 2 is 1.44 bits per heavy atom. The fraction of sp³-hybridized carbons (Fsp3) is 0.375. The number of carbonyl (C=O) groups excluding carboxylic acids is 2. The van der Waals surface area contributed by atoms with Gasteiger partial charge in [-0.2, -0.15) is 0 Å². The van der Waals surface area contributed by atoms with Crippen LogP contribution in [-0.4, -0.2) is 23.8 Å². The van der Waals surface area contributed by atoms with Gasteiger partial charge < -0.3 is 10.2 Å². The van der Waals surface area contributed by atoms with Crippen molar-refractivity contribution in [3.8, 4) is 0 Å². The molecule has 188 valence electrons. The van der Waals surface area contributed by atoms with Crippen LogP contribution in [0.15, 0.2) is 84.9 Å². The van der Waals surface area contributed by atoms with Crippen LogP contribution < -0.4 is 5.32 Å². The van der Waals surface area contributed by atoms with E-state index in [1.165, 1.54) is 0 Å². The number of rotatable bonds is 7. The predicted molar refractivity (Wildman–Crippen MR) is 146 cm³/mol. The highest BCUT2D eigenvalue weighted by atomic mass is 16.2. The molecule has 1 saturated carbocycles. The Morgan fingerprint density at radius 1 is 0.861 bits per heavy atom. The molecule has 4 nitrogen and oxygen atoms in total. The summed E-state index contributed by atoms with van der Waals surface area (Å²) in [7, 11) is 1.86. The van der Waals surface area contributed by atoms with Gasteiger partial charge in [-0.3, -0.25) is 9.59 Å². The van der Waals surface area contributed by atoms with Crippen LogP contribution in [0.1, 0.15) is 85.5 Å². The number of hydrogen-bond donors (Lipinski definition) is 1. The highest BCUT2D eigenvalue weighted by Gasteiger charge is 2.33. The molecule has 0 bridgehead atoms. The van der Waals surface area contributed by atoms with E-state index < -0.39 is 5.54 Å². The van der Waals surface area contributed by atoms with Gasteiger partial charge in [0, 0.05) is 18.5 Å². The number of carbonyl (C=O) groups is 2. The lowest BCUT2D eigenvalue weighted by Gasteiger charge is -2.36. The standard InChI is InChI=1S/C32H38N2O2/c1-23(24-13-7-5-8-14-24)33-30(35)29-18-12-11-17-28(29)25-19-21-26(22-20-25)31(36)34(4)32(2,3)27-15-9-6-10-16-27/h5-10,13-16,19-23,28-29H,11-12,17-18H2,1-4H3,(H,33,35)/t23-,28-,29-/m0/s1. The molecule has 1 N–H and O–H groups in total. The Bertz CT molecular complexity index is 1160. The van der Waals surface area contributed by atoms with Crippen molar-refractivity contribution in [2.45, 2.75) is 64.0 Å². The van der Waals surface area contributed by atoms with E-state index in [9.17, 15) is 9.59 Å². The Morgan fingerprint density at radius 3 is 2.08 bits per heavy atom. The summed E-state index contributed by atoms with van der Waals surface area (Å²) in [6.07, 6.45) is 4.08. The van der Waals surface area contributed by atoms with Gasteiger partial charge in [-0.05, 0) is 68.4 Å². The van der Waals surface area contributed by atoms with Crippen LogP contribution in [0.2, 0.25) is 0 Å². The molecular formula is C32H38N2O2. The van der Waals surface area contributed by atoms with E-state index in [0.29, 0.717) is 5.56 Å². The van der Waals surface area contributed by atoms with Crippen LogP contribution in [0.25, 0.3) is 0 Å². The summed E-state index contributed by atoms with van der Waals surface area (Å²) >= 11 is 0. The number of hydrogen-bond acceptors (Lipinski definition) is 2. The molecule has 3 aromatic rings. The van der Waals surface area contributed by atoms with Gasteiger partial charge in [-0.1, -0.05) is 85.6 Å². The second-order valence-corrected chi connectivity index (χ2v) is 10.5. The summed E-state index contributed by atoms with van der Waals surface area (Å²) in [5, 5.41) is 3.24. The molecular weight excluding hydrogens is 444 g/mol. The van der Waals surface area contributed by atoms with E-state index in [4.69, 9.17) is 0 Å². The minimum absolute atomic E-state index is 0.00924. The van der Waals surface area contributed by atoms with E-state index in [0.717, 1.165) is 42.4 Å². The SMILES string of the molecule is C[C@H](NC(=O)[C@H]1CCCC[C@H]1c1ccc(C(=O)N(C)C(C)(C)c2ccccc2)cc1)c1ccccc1. The molecule has 0 saturated heterocycles. The number of amides is 2. The third kappa shape index (κ3) is 5.53. The van der Waals surface area contributed by atoms with Gasteiger partial charge in [0.05, 0.1) is 11.6 Å². The van der Waals surface area contributed by atoms with E-state index >= 15 is 0 Å². The van der Waals surface area contributed by atoms with Crippen molar-refractivity contribution < 1.29 is 9.59 Å². The molecule has 0 aromatic heterocycles. The molecule has 0 radical (unpaired) electrons. The largest absolute Gasteiger partial charge is 0.349 e. The fourth-order valence-corrected chi connectivity index (χ4v) is 5.35. The molecule has 1 fully saturated rings. The Kier molecular flexibility index (Phi) is 7.93. The molecule has 0 spiro atoms. The molecule has 0 heterocycles. The topological polar surface area (TPSA) is 49.4 Å². The fourth-order valence-electron chi connectivity index (χ4n) is 5.35. The third-order valence-corrected chi connectivity index (χ3v) is 7.97. The molecule has 1 aliphatic carbocycles. The Hall–Kier alpha value is -3.40. The van der Waals surface area contributed by atoms with Crippen molar-refractivity contribution in [1.82, 2.24) is 10.2 Å². The first-order chi connectivity index (χ1) is 17.3. The summed E-state index contributed by atoms with van der Waals surface area (Å²) in [5.74, 6) is 0.237. The first-order valence-corrected chi connectivity index (χ1v) is 13.1. The van der Waals surface area contributed by atoms with Gasteiger partial charge in [0.15, 0.2) is 0 Å². The summed E-state index contributed by atoms with van der Waals surface area (Å²) in [5.41, 5.74) is 3.59. The van der Waals surface area contributed by atoms with Gasteiger partial charge in [0.2, 0.25) is 5.91 Å². The lowest BCUT2D eigenvalue weighted by atomic mass is 9.74. The summed E-state index contributed by atoms with van der Waals surface area (Å²) in [6.45, 7) is 6.17. The van der Waals surface area contributed by atoms with Crippen molar-refractivity contribution in [2.75, 3.05) is 7.05 Å². The van der Waals surface area contributed by atoms with Gasteiger partial charge >= 0.3 is 0 Å². The smallest absolute Gasteiger partial charge is 0.254 e. The molecule has 4 rings (SSSR count). The summed E-state index contributed by atoms with van der Waals surface area (Å²) < 4.78 is 0. The average molecular weight is 483 g/mol. The molecule has 0 aliphatic heterocycles. The monoisotopic (exact) mass is 482 g/mol. The van der Waals surface area contributed by atoms with Crippen LogP contribution >= 0.6 is 0 Å². The van der Waals surface area contributed by atoms with Crippen LogP contribution in [-0.2, 0) is 10.3 Å². The van der Waals surface area contributed by atoms with Gasteiger partial charge in [0.25, 0.3) is 5.91 Å². The second kappa shape index (κ2) is 11.1. The van der Waals surface area contributed by atoms with Crippen molar-refractivity contribution in [2.24, 2.45) is 5.92 Å². The van der Waals surface area contributed by atoms with Crippen molar-refractivity contribution in [3.05, 3.63) is 107 Å². The van der Waals surface area contributed by atoms with Crippen LogP contribution in [0.4, 0.5) is 0 Å². The Labute approximate surface area is 215 Å². The van der Waals surface area contributed by atoms with Crippen LogP contribution in [0.5, 0.6) is 0 Å². The van der Waals surface area contributed by atoms with E-state index in [1.807, 2.05) is 74.6 Å². The van der Waals surface area contributed by atoms with Gasteiger partial charge in [0.1, 0.15) is 0 Å². The second-order valence-electron chi connectivity index (χ2n) is 10.5. The molecule has 2 amide bonds. The zero-order valence-electron chi connectivity index (χ0n) is 21.9. The Balaban J connectivity index is 1.47. The lowest BCUT2D eigenvalue weighted by molar-refractivity contribution is -0.127.